The van der Waals surface area contributed by atoms with E-state index in [2.05, 4.69) is 50.4 Å². The van der Waals surface area contributed by atoms with E-state index in [1.807, 2.05) is 7.05 Å². The van der Waals surface area contributed by atoms with Gasteiger partial charge in [-0.3, -0.25) is 0 Å². The average Bonchev–Trinajstić information content (AvgIpc) is 2.33. The Bertz CT molecular complexity index is 303. The Morgan fingerprint density at radius 3 is 2.29 bits per heavy atom. The van der Waals surface area contributed by atoms with Crippen LogP contribution in [0.2, 0.25) is 0 Å². The van der Waals surface area contributed by atoms with Crippen LogP contribution in [0.25, 0.3) is 0 Å². The van der Waals surface area contributed by atoms with Crippen molar-refractivity contribution in [3.05, 3.63) is 29.8 Å². The Kier molecular flexibility index (Phi) is 6.06. The third-order valence-electron chi connectivity index (χ3n) is 3.16. The van der Waals surface area contributed by atoms with Gasteiger partial charge in [-0.1, -0.05) is 32.4 Å². The number of ether oxygens (including phenoxy) is 1. The fourth-order valence-corrected chi connectivity index (χ4v) is 2.09. The fourth-order valence-electron chi connectivity index (χ4n) is 2.09. The van der Waals surface area contributed by atoms with Crippen LogP contribution in [0.5, 0.6) is 5.75 Å². The Hall–Kier alpha value is -1.02. The summed E-state index contributed by atoms with van der Waals surface area (Å²) in [6, 6.07) is 8.87. The van der Waals surface area contributed by atoms with Gasteiger partial charge in [0.2, 0.25) is 0 Å². The summed E-state index contributed by atoms with van der Waals surface area (Å²) in [6.45, 7) is 6.49. The van der Waals surface area contributed by atoms with Crippen LogP contribution < -0.4 is 10.1 Å². The van der Waals surface area contributed by atoms with Crippen LogP contribution in [0.1, 0.15) is 39.2 Å². The zero-order chi connectivity index (χ0) is 12.7. The highest BCUT2D eigenvalue weighted by Crippen LogP contribution is 2.16. The number of hydrogen-bond donors (Lipinski definition) is 1. The minimum Gasteiger partial charge on any atom is -0.489 e. The first-order valence-corrected chi connectivity index (χ1v) is 6.64. The van der Waals surface area contributed by atoms with Crippen LogP contribution in [0.3, 0.4) is 0 Å². The number of benzene rings is 1. The van der Waals surface area contributed by atoms with Crippen molar-refractivity contribution in [1.29, 1.82) is 0 Å². The third-order valence-corrected chi connectivity index (χ3v) is 3.16. The van der Waals surface area contributed by atoms with Crippen molar-refractivity contribution in [1.82, 2.24) is 5.32 Å². The van der Waals surface area contributed by atoms with Gasteiger partial charge in [0.05, 0.1) is 0 Å². The minimum atomic E-state index is 0.196. The maximum atomic E-state index is 5.93. The molecule has 1 aromatic carbocycles. The highest BCUT2D eigenvalue weighted by atomic mass is 16.5. The predicted molar refractivity (Wildman–Crippen MR) is 73.7 cm³/mol. The van der Waals surface area contributed by atoms with Crippen molar-refractivity contribution in [2.45, 2.75) is 52.2 Å². The molecular weight excluding hydrogens is 210 g/mol. The summed E-state index contributed by atoms with van der Waals surface area (Å²) in [5.74, 6) is 0.964. The quantitative estimate of drug-likeness (QED) is 0.782. The van der Waals surface area contributed by atoms with Crippen LogP contribution in [0, 0.1) is 0 Å². The Morgan fingerprint density at radius 2 is 1.82 bits per heavy atom. The SMILES string of the molecule is CCCc1ccc(OC(C)C(CC)NC)cc1. The molecular formula is C15H25NO. The van der Waals surface area contributed by atoms with Gasteiger partial charge in [-0.2, -0.15) is 0 Å². The molecule has 2 nitrogen and oxygen atoms in total. The van der Waals surface area contributed by atoms with Gasteiger partial charge in [-0.05, 0) is 44.5 Å². The van der Waals surface area contributed by atoms with E-state index in [0.717, 1.165) is 18.6 Å². The molecule has 0 saturated heterocycles. The number of aryl methyl sites for hydroxylation is 1. The molecule has 2 atom stereocenters. The molecule has 0 heterocycles. The van der Waals surface area contributed by atoms with Crippen LogP contribution in [0.4, 0.5) is 0 Å². The van der Waals surface area contributed by atoms with Crippen molar-refractivity contribution in [2.24, 2.45) is 0 Å². The standard InChI is InChI=1S/C15H25NO/c1-5-7-13-8-10-14(11-9-13)17-12(3)15(6-2)16-4/h8-12,15-16H,5-7H2,1-4H3. The highest BCUT2D eigenvalue weighted by molar-refractivity contribution is 5.27. The van der Waals surface area contributed by atoms with E-state index in [1.54, 1.807) is 0 Å². The molecule has 0 aliphatic carbocycles. The van der Waals surface area contributed by atoms with Gasteiger partial charge in [0, 0.05) is 6.04 Å². The van der Waals surface area contributed by atoms with Crippen molar-refractivity contribution >= 4 is 0 Å². The molecule has 1 aromatic rings. The molecule has 0 bridgehead atoms. The Balaban J connectivity index is 2.56. The van der Waals surface area contributed by atoms with E-state index in [-0.39, 0.29) is 6.10 Å². The molecule has 96 valence electrons. The first-order chi connectivity index (χ1) is 8.21. The number of nitrogens with one attached hydrogen (secondary N) is 1. The van der Waals surface area contributed by atoms with Crippen LogP contribution in [-0.4, -0.2) is 19.2 Å². The topological polar surface area (TPSA) is 21.3 Å². The molecule has 2 unspecified atom stereocenters. The molecule has 0 spiro atoms. The smallest absolute Gasteiger partial charge is 0.119 e. The first kappa shape index (κ1) is 14.0. The lowest BCUT2D eigenvalue weighted by atomic mass is 10.1. The van der Waals surface area contributed by atoms with Gasteiger partial charge >= 0.3 is 0 Å². The second-order valence-electron chi connectivity index (χ2n) is 4.52. The molecule has 0 saturated carbocycles. The van der Waals surface area contributed by atoms with Gasteiger partial charge in [-0.15, -0.1) is 0 Å². The van der Waals surface area contributed by atoms with Gasteiger partial charge < -0.3 is 10.1 Å². The van der Waals surface area contributed by atoms with Gasteiger partial charge in [-0.25, -0.2) is 0 Å². The van der Waals surface area contributed by atoms with Crippen LogP contribution in [-0.2, 0) is 6.42 Å². The van der Waals surface area contributed by atoms with E-state index in [0.29, 0.717) is 6.04 Å². The Labute approximate surface area is 105 Å². The monoisotopic (exact) mass is 235 g/mol. The molecule has 1 rings (SSSR count). The molecule has 0 aliphatic heterocycles. The molecule has 1 N–H and O–H groups in total. The van der Waals surface area contributed by atoms with Crippen molar-refractivity contribution in [2.75, 3.05) is 7.05 Å². The lowest BCUT2D eigenvalue weighted by Crippen LogP contribution is -2.38. The largest absolute Gasteiger partial charge is 0.489 e. The van der Waals surface area contributed by atoms with Crippen molar-refractivity contribution < 1.29 is 4.74 Å². The molecule has 2 heteroatoms. The summed E-state index contributed by atoms with van der Waals surface area (Å²) in [5, 5.41) is 3.28. The molecule has 17 heavy (non-hydrogen) atoms. The zero-order valence-electron chi connectivity index (χ0n) is 11.5. The number of hydrogen-bond acceptors (Lipinski definition) is 2. The van der Waals surface area contributed by atoms with Crippen LogP contribution in [0.15, 0.2) is 24.3 Å². The molecule has 0 aliphatic rings. The number of likely N-dealkylation sites (N-methyl/N-ethyl adjacent to an activating group) is 1. The minimum absolute atomic E-state index is 0.196. The van der Waals surface area contributed by atoms with Gasteiger partial charge in [0.25, 0.3) is 0 Å². The summed E-state index contributed by atoms with van der Waals surface area (Å²) in [7, 11) is 1.98. The van der Waals surface area contributed by atoms with Gasteiger partial charge in [0.1, 0.15) is 11.9 Å². The summed E-state index contributed by atoms with van der Waals surface area (Å²) in [5.41, 5.74) is 1.38. The summed E-state index contributed by atoms with van der Waals surface area (Å²) in [4.78, 5) is 0. The molecule has 0 radical (unpaired) electrons. The van der Waals surface area contributed by atoms with Crippen LogP contribution >= 0.6 is 0 Å². The maximum Gasteiger partial charge on any atom is 0.119 e. The highest BCUT2D eigenvalue weighted by Gasteiger charge is 2.14. The molecule has 0 aromatic heterocycles. The van der Waals surface area contributed by atoms with Crippen molar-refractivity contribution in [3.63, 3.8) is 0 Å². The zero-order valence-corrected chi connectivity index (χ0v) is 11.5. The van der Waals surface area contributed by atoms with E-state index in [9.17, 15) is 0 Å². The van der Waals surface area contributed by atoms with Crippen molar-refractivity contribution in [3.8, 4) is 5.75 Å². The maximum absolute atomic E-state index is 5.93. The van der Waals surface area contributed by atoms with E-state index in [1.165, 1.54) is 12.0 Å². The van der Waals surface area contributed by atoms with Gasteiger partial charge in [0.15, 0.2) is 0 Å². The lowest BCUT2D eigenvalue weighted by molar-refractivity contribution is 0.172. The third kappa shape index (κ3) is 4.39. The second kappa shape index (κ2) is 7.33. The second-order valence-corrected chi connectivity index (χ2v) is 4.52. The summed E-state index contributed by atoms with van der Waals surface area (Å²) < 4.78 is 5.93. The fraction of sp³-hybridized carbons (Fsp3) is 0.600. The molecule has 0 amide bonds. The summed E-state index contributed by atoms with van der Waals surface area (Å²) in [6.07, 6.45) is 3.60. The predicted octanol–water partition coefficient (Wildman–Crippen LogP) is 3.40. The van der Waals surface area contributed by atoms with E-state index >= 15 is 0 Å². The summed E-state index contributed by atoms with van der Waals surface area (Å²) >= 11 is 0. The number of rotatable bonds is 7. The van der Waals surface area contributed by atoms with E-state index in [4.69, 9.17) is 4.74 Å². The lowest BCUT2D eigenvalue weighted by Gasteiger charge is -2.23. The first-order valence-electron chi connectivity index (χ1n) is 6.64. The normalized spacial score (nSPS) is 14.4. The Morgan fingerprint density at radius 1 is 1.18 bits per heavy atom. The average molecular weight is 235 g/mol. The van der Waals surface area contributed by atoms with E-state index < -0.39 is 0 Å². The molecule has 0 fully saturated rings.